The molecule has 0 aliphatic carbocycles. The molecule has 0 aromatic heterocycles. The van der Waals surface area contributed by atoms with Crippen LogP contribution in [-0.4, -0.2) is 37.0 Å². The van der Waals surface area contributed by atoms with Crippen LogP contribution >= 0.6 is 0 Å². The van der Waals surface area contributed by atoms with Gasteiger partial charge in [0.1, 0.15) is 10.7 Å². The quantitative estimate of drug-likeness (QED) is 0.919. The third-order valence-corrected chi connectivity index (χ3v) is 5.46. The average Bonchev–Trinajstić information content (AvgIpc) is 2.39. The normalized spacial score (nSPS) is 23.2. The van der Waals surface area contributed by atoms with Gasteiger partial charge in [-0.05, 0) is 37.8 Å². The van der Waals surface area contributed by atoms with Crippen molar-refractivity contribution < 1.29 is 17.9 Å². The number of aliphatic hydroxyl groups is 1. The van der Waals surface area contributed by atoms with Gasteiger partial charge in [-0.3, -0.25) is 0 Å². The van der Waals surface area contributed by atoms with Crippen LogP contribution in [0, 0.1) is 11.7 Å². The number of sulfonamides is 1. The fourth-order valence-electron chi connectivity index (χ4n) is 2.38. The molecule has 1 aliphatic rings. The molecule has 1 fully saturated rings. The first-order valence-corrected chi connectivity index (χ1v) is 7.79. The van der Waals surface area contributed by atoms with Crippen LogP contribution in [0.1, 0.15) is 19.8 Å². The minimum Gasteiger partial charge on any atom is -0.393 e. The lowest BCUT2D eigenvalue weighted by atomic mass is 9.95. The molecule has 4 nitrogen and oxygen atoms in total. The van der Waals surface area contributed by atoms with Gasteiger partial charge in [0.05, 0.1) is 6.10 Å². The second-order valence-corrected chi connectivity index (χ2v) is 6.84. The minimum absolute atomic E-state index is 0.0877. The van der Waals surface area contributed by atoms with E-state index in [0.29, 0.717) is 13.0 Å². The van der Waals surface area contributed by atoms with Crippen molar-refractivity contribution in [1.82, 2.24) is 4.31 Å². The van der Waals surface area contributed by atoms with E-state index >= 15 is 0 Å². The van der Waals surface area contributed by atoms with Crippen LogP contribution in [0.5, 0.6) is 0 Å². The number of rotatable bonds is 3. The third kappa shape index (κ3) is 2.96. The summed E-state index contributed by atoms with van der Waals surface area (Å²) in [4.78, 5) is -0.291. The van der Waals surface area contributed by atoms with Gasteiger partial charge in [-0.2, -0.15) is 4.31 Å². The number of aliphatic hydroxyl groups excluding tert-OH is 1. The highest BCUT2D eigenvalue weighted by atomic mass is 32.2. The Labute approximate surface area is 112 Å². The van der Waals surface area contributed by atoms with Crippen molar-refractivity contribution in [1.29, 1.82) is 0 Å². The summed E-state index contributed by atoms with van der Waals surface area (Å²) in [6, 6.07) is 5.38. The minimum atomic E-state index is -3.81. The zero-order chi connectivity index (χ0) is 14.0. The van der Waals surface area contributed by atoms with Crippen molar-refractivity contribution >= 4 is 10.0 Å². The van der Waals surface area contributed by atoms with Crippen molar-refractivity contribution in [2.75, 3.05) is 13.1 Å². The lowest BCUT2D eigenvalue weighted by Gasteiger charge is -2.33. The second-order valence-electron chi connectivity index (χ2n) is 4.94. The molecule has 0 bridgehead atoms. The van der Waals surface area contributed by atoms with Gasteiger partial charge >= 0.3 is 0 Å². The maximum Gasteiger partial charge on any atom is 0.245 e. The van der Waals surface area contributed by atoms with E-state index < -0.39 is 21.9 Å². The van der Waals surface area contributed by atoms with Gasteiger partial charge in [0.15, 0.2) is 0 Å². The topological polar surface area (TPSA) is 57.6 Å². The summed E-state index contributed by atoms with van der Waals surface area (Å²) in [5, 5.41) is 9.59. The summed E-state index contributed by atoms with van der Waals surface area (Å²) in [5.41, 5.74) is 0. The van der Waals surface area contributed by atoms with Crippen molar-refractivity contribution in [2.24, 2.45) is 5.92 Å². The summed E-state index contributed by atoms with van der Waals surface area (Å²) in [6.45, 7) is 2.28. The van der Waals surface area contributed by atoms with E-state index in [0.717, 1.165) is 12.5 Å². The van der Waals surface area contributed by atoms with Gasteiger partial charge in [0.2, 0.25) is 10.0 Å². The highest BCUT2D eigenvalue weighted by Crippen LogP contribution is 2.26. The number of benzene rings is 1. The molecule has 2 rings (SSSR count). The Hall–Kier alpha value is -0.980. The molecule has 2 atom stereocenters. The van der Waals surface area contributed by atoms with Crippen molar-refractivity contribution in [2.45, 2.75) is 30.8 Å². The zero-order valence-electron chi connectivity index (χ0n) is 10.8. The van der Waals surface area contributed by atoms with E-state index in [1.54, 1.807) is 6.92 Å². The lowest BCUT2D eigenvalue weighted by Crippen LogP contribution is -2.43. The molecule has 1 aliphatic heterocycles. The fourth-order valence-corrected chi connectivity index (χ4v) is 3.98. The Bertz CT molecular complexity index is 545. The Morgan fingerprint density at radius 1 is 1.42 bits per heavy atom. The molecule has 0 amide bonds. The van der Waals surface area contributed by atoms with Gasteiger partial charge in [0, 0.05) is 13.1 Å². The first-order chi connectivity index (χ1) is 8.93. The second kappa shape index (κ2) is 5.56. The highest BCUT2D eigenvalue weighted by molar-refractivity contribution is 7.89. The lowest BCUT2D eigenvalue weighted by molar-refractivity contribution is 0.0885. The summed E-state index contributed by atoms with van der Waals surface area (Å²) < 4.78 is 39.7. The molecule has 1 aromatic rings. The Balaban J connectivity index is 2.28. The van der Waals surface area contributed by atoms with Gasteiger partial charge in [-0.1, -0.05) is 12.1 Å². The van der Waals surface area contributed by atoms with E-state index in [1.165, 1.54) is 22.5 Å². The van der Waals surface area contributed by atoms with E-state index in [-0.39, 0.29) is 17.4 Å². The standard InChI is InChI=1S/C13H18FNO3S/c1-10(16)11-5-4-8-15(9-11)19(17,18)13-7-3-2-6-12(13)14/h2-3,6-7,10-11,16H,4-5,8-9H2,1H3. The molecule has 0 saturated carbocycles. The van der Waals surface area contributed by atoms with Gasteiger partial charge in [0.25, 0.3) is 0 Å². The molecular weight excluding hydrogens is 269 g/mol. The smallest absolute Gasteiger partial charge is 0.245 e. The molecule has 1 heterocycles. The van der Waals surface area contributed by atoms with Gasteiger partial charge in [-0.15, -0.1) is 0 Å². The third-order valence-electron chi connectivity index (χ3n) is 3.56. The summed E-state index contributed by atoms with van der Waals surface area (Å²) in [5.74, 6) is -0.822. The summed E-state index contributed by atoms with van der Waals surface area (Å²) in [7, 11) is -3.81. The van der Waals surface area contributed by atoms with Crippen LogP contribution in [-0.2, 0) is 10.0 Å². The fraction of sp³-hybridized carbons (Fsp3) is 0.538. The summed E-state index contributed by atoms with van der Waals surface area (Å²) in [6.07, 6.45) is 0.920. The zero-order valence-corrected chi connectivity index (χ0v) is 11.6. The van der Waals surface area contributed by atoms with E-state index in [1.807, 2.05) is 0 Å². The monoisotopic (exact) mass is 287 g/mol. The first-order valence-electron chi connectivity index (χ1n) is 6.35. The molecular formula is C13H18FNO3S. The van der Waals surface area contributed by atoms with Crippen molar-refractivity contribution in [3.05, 3.63) is 30.1 Å². The predicted octanol–water partition coefficient (Wildman–Crippen LogP) is 1.61. The number of halogens is 1. The summed E-state index contributed by atoms with van der Waals surface area (Å²) >= 11 is 0. The maximum atomic E-state index is 13.6. The number of hydrogen-bond acceptors (Lipinski definition) is 3. The molecule has 0 radical (unpaired) electrons. The molecule has 1 saturated heterocycles. The molecule has 0 spiro atoms. The van der Waals surface area contributed by atoms with Crippen molar-refractivity contribution in [3.8, 4) is 0 Å². The Morgan fingerprint density at radius 2 is 2.11 bits per heavy atom. The van der Waals surface area contributed by atoms with E-state index in [4.69, 9.17) is 0 Å². The molecule has 2 unspecified atom stereocenters. The average molecular weight is 287 g/mol. The predicted molar refractivity (Wildman–Crippen MR) is 69.6 cm³/mol. The molecule has 19 heavy (non-hydrogen) atoms. The molecule has 1 N–H and O–H groups in total. The van der Waals surface area contributed by atoms with Gasteiger partial charge < -0.3 is 5.11 Å². The van der Waals surface area contributed by atoms with Crippen LogP contribution < -0.4 is 0 Å². The SMILES string of the molecule is CC(O)C1CCCN(S(=O)(=O)c2ccccc2F)C1. The van der Waals surface area contributed by atoms with Crippen LogP contribution in [0.4, 0.5) is 4.39 Å². The van der Waals surface area contributed by atoms with Gasteiger partial charge in [-0.25, -0.2) is 12.8 Å². The molecule has 6 heteroatoms. The van der Waals surface area contributed by atoms with E-state index in [9.17, 15) is 17.9 Å². The van der Waals surface area contributed by atoms with Crippen LogP contribution in [0.2, 0.25) is 0 Å². The highest BCUT2D eigenvalue weighted by Gasteiger charge is 2.33. The largest absolute Gasteiger partial charge is 0.393 e. The maximum absolute atomic E-state index is 13.6. The molecule has 106 valence electrons. The number of hydrogen-bond donors (Lipinski definition) is 1. The van der Waals surface area contributed by atoms with E-state index in [2.05, 4.69) is 0 Å². The Kier molecular flexibility index (Phi) is 4.23. The number of piperidine rings is 1. The first kappa shape index (κ1) is 14.4. The molecule has 1 aromatic carbocycles. The van der Waals surface area contributed by atoms with Crippen molar-refractivity contribution in [3.63, 3.8) is 0 Å². The van der Waals surface area contributed by atoms with Crippen LogP contribution in [0.15, 0.2) is 29.2 Å². The van der Waals surface area contributed by atoms with Crippen LogP contribution in [0.3, 0.4) is 0 Å². The Morgan fingerprint density at radius 3 is 2.74 bits per heavy atom. The number of nitrogens with zero attached hydrogens (tertiary/aromatic N) is 1. The van der Waals surface area contributed by atoms with Crippen LogP contribution in [0.25, 0.3) is 0 Å².